The van der Waals surface area contributed by atoms with Gasteiger partial charge in [0.15, 0.2) is 5.82 Å². The lowest BCUT2D eigenvalue weighted by Crippen LogP contribution is -2.13. The first kappa shape index (κ1) is 13.6. The van der Waals surface area contributed by atoms with E-state index < -0.39 is 0 Å². The second-order valence-electron chi connectivity index (χ2n) is 4.20. The molecule has 2 aromatic rings. The van der Waals surface area contributed by atoms with Crippen LogP contribution in [0.25, 0.3) is 0 Å². The summed E-state index contributed by atoms with van der Waals surface area (Å²) in [7, 11) is 1.60. The zero-order valence-electron chi connectivity index (χ0n) is 10.7. The predicted molar refractivity (Wildman–Crippen MR) is 66.9 cm³/mol. The van der Waals surface area contributed by atoms with Crippen molar-refractivity contribution in [2.75, 3.05) is 13.7 Å². The van der Waals surface area contributed by atoms with E-state index in [0.29, 0.717) is 30.3 Å². The summed E-state index contributed by atoms with van der Waals surface area (Å²) in [6.07, 6.45) is 0.880. The normalized spacial score (nSPS) is 12.6. The fourth-order valence-corrected chi connectivity index (χ4v) is 1.67. The van der Waals surface area contributed by atoms with E-state index in [0.717, 1.165) is 0 Å². The van der Waals surface area contributed by atoms with Crippen molar-refractivity contribution in [3.63, 3.8) is 0 Å². The van der Waals surface area contributed by atoms with Crippen LogP contribution in [0, 0.1) is 5.82 Å². The van der Waals surface area contributed by atoms with Gasteiger partial charge in [0.2, 0.25) is 5.89 Å². The molecule has 102 valence electrons. The number of ether oxygens (including phenoxy) is 1. The van der Waals surface area contributed by atoms with Crippen LogP contribution in [0.5, 0.6) is 0 Å². The Kier molecular flexibility index (Phi) is 4.59. The third-order valence-corrected chi connectivity index (χ3v) is 2.74. The van der Waals surface area contributed by atoms with Crippen molar-refractivity contribution >= 4 is 0 Å². The molecule has 1 atom stereocenters. The van der Waals surface area contributed by atoms with Crippen LogP contribution in [-0.2, 0) is 11.2 Å². The van der Waals surface area contributed by atoms with Gasteiger partial charge in [0, 0.05) is 20.1 Å². The molecule has 1 heterocycles. The maximum Gasteiger partial charge on any atom is 0.243 e. The van der Waals surface area contributed by atoms with Crippen LogP contribution >= 0.6 is 0 Å². The number of benzene rings is 1. The van der Waals surface area contributed by atoms with E-state index in [1.54, 1.807) is 25.3 Å². The van der Waals surface area contributed by atoms with Crippen molar-refractivity contribution in [2.45, 2.75) is 18.9 Å². The van der Waals surface area contributed by atoms with E-state index in [2.05, 4.69) is 10.1 Å². The zero-order chi connectivity index (χ0) is 13.7. The molecule has 6 heteroatoms. The number of aromatic nitrogens is 2. The molecule has 1 unspecified atom stereocenters. The predicted octanol–water partition coefficient (Wildman–Crippen LogP) is 1.84. The third kappa shape index (κ3) is 3.59. The third-order valence-electron chi connectivity index (χ3n) is 2.74. The second kappa shape index (κ2) is 6.40. The summed E-state index contributed by atoms with van der Waals surface area (Å²) >= 11 is 0. The number of nitrogens with two attached hydrogens (primary N) is 1. The number of nitrogens with zero attached hydrogens (tertiary/aromatic N) is 2. The van der Waals surface area contributed by atoms with Crippen molar-refractivity contribution in [1.82, 2.24) is 10.1 Å². The lowest BCUT2D eigenvalue weighted by atomic mass is 10.1. The largest absolute Gasteiger partial charge is 0.385 e. The van der Waals surface area contributed by atoms with Crippen LogP contribution in [0.4, 0.5) is 4.39 Å². The van der Waals surface area contributed by atoms with Crippen molar-refractivity contribution < 1.29 is 13.7 Å². The second-order valence-corrected chi connectivity index (χ2v) is 4.20. The van der Waals surface area contributed by atoms with Crippen LogP contribution in [0.2, 0.25) is 0 Å². The van der Waals surface area contributed by atoms with Crippen LogP contribution in [0.3, 0.4) is 0 Å². The highest BCUT2D eigenvalue weighted by Crippen LogP contribution is 2.15. The minimum absolute atomic E-state index is 0.280. The number of methoxy groups -OCH3 is 1. The van der Waals surface area contributed by atoms with Gasteiger partial charge in [-0.25, -0.2) is 4.39 Å². The van der Waals surface area contributed by atoms with Gasteiger partial charge in [0.05, 0.1) is 6.04 Å². The van der Waals surface area contributed by atoms with Gasteiger partial charge in [-0.1, -0.05) is 23.4 Å². The molecule has 2 rings (SSSR count). The molecule has 0 spiro atoms. The Morgan fingerprint density at radius 2 is 2.21 bits per heavy atom. The highest BCUT2D eigenvalue weighted by molar-refractivity contribution is 5.20. The molecular weight excluding hydrogens is 249 g/mol. The van der Waals surface area contributed by atoms with Crippen molar-refractivity contribution in [3.05, 3.63) is 47.4 Å². The molecule has 19 heavy (non-hydrogen) atoms. The molecule has 0 saturated carbocycles. The molecule has 0 saturated heterocycles. The first-order valence-electron chi connectivity index (χ1n) is 6.01. The number of hydrogen-bond donors (Lipinski definition) is 1. The van der Waals surface area contributed by atoms with E-state index in [-0.39, 0.29) is 18.3 Å². The monoisotopic (exact) mass is 265 g/mol. The van der Waals surface area contributed by atoms with E-state index in [1.807, 2.05) is 0 Å². The SMILES string of the molecule is COCCC(N)c1nc(Cc2ccccc2F)no1. The first-order valence-corrected chi connectivity index (χ1v) is 6.01. The molecule has 0 aliphatic heterocycles. The Morgan fingerprint density at radius 1 is 1.42 bits per heavy atom. The smallest absolute Gasteiger partial charge is 0.243 e. The minimum Gasteiger partial charge on any atom is -0.385 e. The molecule has 5 nitrogen and oxygen atoms in total. The fourth-order valence-electron chi connectivity index (χ4n) is 1.67. The average Bonchev–Trinajstić information content (AvgIpc) is 2.87. The Labute approximate surface area is 110 Å². The number of halogens is 1. The van der Waals surface area contributed by atoms with Crippen molar-refractivity contribution in [1.29, 1.82) is 0 Å². The molecule has 0 aliphatic carbocycles. The van der Waals surface area contributed by atoms with Crippen molar-refractivity contribution in [2.24, 2.45) is 5.73 Å². The van der Waals surface area contributed by atoms with Gasteiger partial charge in [0.1, 0.15) is 5.82 Å². The van der Waals surface area contributed by atoms with Gasteiger partial charge in [0.25, 0.3) is 0 Å². The fraction of sp³-hybridized carbons (Fsp3) is 0.385. The lowest BCUT2D eigenvalue weighted by molar-refractivity contribution is 0.182. The van der Waals surface area contributed by atoms with Crippen LogP contribution in [0.1, 0.15) is 29.7 Å². The van der Waals surface area contributed by atoms with Gasteiger partial charge in [-0.2, -0.15) is 4.98 Å². The van der Waals surface area contributed by atoms with E-state index in [1.165, 1.54) is 6.07 Å². The highest BCUT2D eigenvalue weighted by Gasteiger charge is 2.15. The molecule has 0 radical (unpaired) electrons. The molecule has 0 aliphatic rings. The molecule has 0 bridgehead atoms. The van der Waals surface area contributed by atoms with E-state index >= 15 is 0 Å². The molecule has 0 amide bonds. The summed E-state index contributed by atoms with van der Waals surface area (Å²) < 4.78 is 23.5. The lowest BCUT2D eigenvalue weighted by Gasteiger charge is -2.04. The number of rotatable bonds is 6. The standard InChI is InChI=1S/C13H16FN3O2/c1-18-7-6-11(15)13-16-12(17-19-13)8-9-4-2-3-5-10(9)14/h2-5,11H,6-8,15H2,1H3. The highest BCUT2D eigenvalue weighted by atomic mass is 19.1. The maximum atomic E-state index is 13.5. The van der Waals surface area contributed by atoms with Gasteiger partial charge in [-0.3, -0.25) is 0 Å². The summed E-state index contributed by atoms with van der Waals surface area (Å²) in [5.74, 6) is 0.494. The average molecular weight is 265 g/mol. The molecular formula is C13H16FN3O2. The summed E-state index contributed by atoms with van der Waals surface area (Å²) in [5.41, 5.74) is 6.40. The van der Waals surface area contributed by atoms with Gasteiger partial charge in [-0.15, -0.1) is 0 Å². The van der Waals surface area contributed by atoms with E-state index in [9.17, 15) is 4.39 Å². The van der Waals surface area contributed by atoms with Crippen LogP contribution in [0.15, 0.2) is 28.8 Å². The van der Waals surface area contributed by atoms with Crippen molar-refractivity contribution in [3.8, 4) is 0 Å². The summed E-state index contributed by atoms with van der Waals surface area (Å²) in [4.78, 5) is 4.17. The van der Waals surface area contributed by atoms with Gasteiger partial charge in [-0.05, 0) is 18.1 Å². The maximum absolute atomic E-state index is 13.5. The van der Waals surface area contributed by atoms with Crippen LogP contribution in [-0.4, -0.2) is 23.9 Å². The summed E-state index contributed by atoms with van der Waals surface area (Å²) in [6, 6.07) is 6.14. The Balaban J connectivity index is 2.03. The summed E-state index contributed by atoms with van der Waals surface area (Å²) in [6.45, 7) is 0.520. The Morgan fingerprint density at radius 3 is 2.95 bits per heavy atom. The number of hydrogen-bond acceptors (Lipinski definition) is 5. The zero-order valence-corrected chi connectivity index (χ0v) is 10.7. The Bertz CT molecular complexity index is 530. The van der Waals surface area contributed by atoms with Gasteiger partial charge < -0.3 is 15.0 Å². The first-order chi connectivity index (χ1) is 9.20. The van der Waals surface area contributed by atoms with E-state index in [4.69, 9.17) is 15.0 Å². The molecule has 2 N–H and O–H groups in total. The molecule has 0 fully saturated rings. The van der Waals surface area contributed by atoms with Crippen LogP contribution < -0.4 is 5.73 Å². The topological polar surface area (TPSA) is 74.2 Å². The Hall–Kier alpha value is -1.79. The summed E-state index contributed by atoms with van der Waals surface area (Å²) in [5, 5.41) is 3.81. The minimum atomic E-state index is -0.359. The quantitative estimate of drug-likeness (QED) is 0.862. The molecule has 1 aromatic carbocycles. The molecule has 1 aromatic heterocycles. The van der Waals surface area contributed by atoms with Gasteiger partial charge >= 0.3 is 0 Å².